The quantitative estimate of drug-likeness (QED) is 0.868. The average molecular weight is 249 g/mol. The molecule has 0 saturated heterocycles. The molecule has 5 nitrogen and oxygen atoms in total. The number of rotatable bonds is 5. The summed E-state index contributed by atoms with van der Waals surface area (Å²) in [5, 5.41) is 15.8. The molecule has 1 aromatic rings. The average Bonchev–Trinajstić information content (AvgIpc) is 3.13. The van der Waals surface area contributed by atoms with Crippen LogP contribution in [0.2, 0.25) is 0 Å². The van der Waals surface area contributed by atoms with E-state index in [1.165, 1.54) is 44.9 Å². The van der Waals surface area contributed by atoms with Crippen molar-refractivity contribution in [3.05, 3.63) is 5.82 Å². The van der Waals surface area contributed by atoms with E-state index in [0.717, 1.165) is 18.3 Å². The minimum atomic E-state index is 0.523. The van der Waals surface area contributed by atoms with Gasteiger partial charge in [0, 0.05) is 6.04 Å². The maximum atomic E-state index is 4.25. The first-order valence-electron chi connectivity index (χ1n) is 7.38. The van der Waals surface area contributed by atoms with Gasteiger partial charge in [-0.25, -0.2) is 4.68 Å². The fourth-order valence-corrected chi connectivity index (χ4v) is 3.10. The highest BCUT2D eigenvalue weighted by Crippen LogP contribution is 2.35. The van der Waals surface area contributed by atoms with Gasteiger partial charge in [-0.3, -0.25) is 0 Å². The van der Waals surface area contributed by atoms with Crippen LogP contribution in [0.1, 0.15) is 63.7 Å². The molecule has 1 N–H and O–H groups in total. The molecule has 2 unspecified atom stereocenters. The number of nitrogens with zero attached hydrogens (tertiary/aromatic N) is 4. The summed E-state index contributed by atoms with van der Waals surface area (Å²) in [7, 11) is 0. The molecule has 0 aromatic carbocycles. The zero-order valence-corrected chi connectivity index (χ0v) is 11.2. The fraction of sp³-hybridized carbons (Fsp3) is 0.923. The van der Waals surface area contributed by atoms with Crippen LogP contribution < -0.4 is 5.32 Å². The van der Waals surface area contributed by atoms with E-state index < -0.39 is 0 Å². The summed E-state index contributed by atoms with van der Waals surface area (Å²) in [5.41, 5.74) is 0. The summed E-state index contributed by atoms with van der Waals surface area (Å²) in [4.78, 5) is 0. The molecule has 100 valence electrons. The van der Waals surface area contributed by atoms with E-state index in [9.17, 15) is 0 Å². The van der Waals surface area contributed by atoms with Crippen LogP contribution in [-0.2, 0) is 6.54 Å². The molecule has 2 saturated carbocycles. The Hall–Kier alpha value is -0.970. The maximum absolute atomic E-state index is 4.25. The Morgan fingerprint density at radius 1 is 1.22 bits per heavy atom. The Labute approximate surface area is 108 Å². The molecular formula is C13H23N5. The molecule has 3 rings (SSSR count). The van der Waals surface area contributed by atoms with Gasteiger partial charge in [0.05, 0.1) is 12.6 Å². The van der Waals surface area contributed by atoms with Crippen molar-refractivity contribution >= 4 is 0 Å². The van der Waals surface area contributed by atoms with Crippen molar-refractivity contribution in [2.45, 2.75) is 70.5 Å². The van der Waals surface area contributed by atoms with Crippen LogP contribution in [0.3, 0.4) is 0 Å². The molecule has 5 heteroatoms. The van der Waals surface area contributed by atoms with Crippen molar-refractivity contribution < 1.29 is 0 Å². The van der Waals surface area contributed by atoms with Crippen molar-refractivity contribution in [2.75, 3.05) is 0 Å². The summed E-state index contributed by atoms with van der Waals surface area (Å²) in [6.07, 6.45) is 9.10. The van der Waals surface area contributed by atoms with E-state index in [2.05, 4.69) is 32.4 Å². The first kappa shape index (κ1) is 12.1. The molecule has 0 aliphatic heterocycles. The number of tetrazole rings is 1. The van der Waals surface area contributed by atoms with E-state index in [-0.39, 0.29) is 0 Å². The number of nitrogens with one attached hydrogen (secondary N) is 1. The summed E-state index contributed by atoms with van der Waals surface area (Å²) in [5.74, 6) is 1.77. The molecule has 18 heavy (non-hydrogen) atoms. The van der Waals surface area contributed by atoms with Gasteiger partial charge in [0.2, 0.25) is 0 Å². The Morgan fingerprint density at radius 3 is 2.83 bits per heavy atom. The summed E-state index contributed by atoms with van der Waals surface area (Å²) >= 11 is 0. The van der Waals surface area contributed by atoms with Crippen molar-refractivity contribution in [1.82, 2.24) is 25.5 Å². The first-order chi connectivity index (χ1) is 8.88. The van der Waals surface area contributed by atoms with Crippen LogP contribution in [0.5, 0.6) is 0 Å². The molecule has 2 atom stereocenters. The summed E-state index contributed by atoms with van der Waals surface area (Å²) in [6, 6.07) is 1.23. The molecule has 0 spiro atoms. The highest BCUT2D eigenvalue weighted by molar-refractivity contribution is 4.91. The van der Waals surface area contributed by atoms with Crippen LogP contribution in [0.15, 0.2) is 0 Å². The third-order valence-electron chi connectivity index (χ3n) is 4.39. The third kappa shape index (κ3) is 2.55. The second-order valence-electron chi connectivity index (χ2n) is 5.71. The fourth-order valence-electron chi connectivity index (χ4n) is 3.10. The number of hydrogen-bond donors (Lipinski definition) is 1. The predicted octanol–water partition coefficient (Wildman–Crippen LogP) is 2.07. The van der Waals surface area contributed by atoms with Gasteiger partial charge in [-0.15, -0.1) is 5.10 Å². The van der Waals surface area contributed by atoms with Crippen molar-refractivity contribution in [3.8, 4) is 0 Å². The van der Waals surface area contributed by atoms with Gasteiger partial charge in [0.15, 0.2) is 5.82 Å². The van der Waals surface area contributed by atoms with Crippen LogP contribution >= 0.6 is 0 Å². The lowest BCUT2D eigenvalue weighted by atomic mass is 9.83. The summed E-state index contributed by atoms with van der Waals surface area (Å²) in [6.45, 7) is 3.11. The normalized spacial score (nSPS) is 28.5. The van der Waals surface area contributed by atoms with E-state index in [1.54, 1.807) is 0 Å². The van der Waals surface area contributed by atoms with Gasteiger partial charge in [0.25, 0.3) is 0 Å². The predicted molar refractivity (Wildman–Crippen MR) is 69.0 cm³/mol. The second-order valence-corrected chi connectivity index (χ2v) is 5.71. The van der Waals surface area contributed by atoms with Gasteiger partial charge in [-0.05, 0) is 42.0 Å². The zero-order valence-electron chi connectivity index (χ0n) is 11.2. The lowest BCUT2D eigenvalue weighted by molar-refractivity contribution is 0.209. The molecule has 0 bridgehead atoms. The number of aromatic nitrogens is 4. The highest BCUT2D eigenvalue weighted by Gasteiger charge is 2.28. The molecule has 0 radical (unpaired) electrons. The smallest absolute Gasteiger partial charge is 0.165 e. The largest absolute Gasteiger partial charge is 0.307 e. The van der Waals surface area contributed by atoms with Crippen LogP contribution in [0.4, 0.5) is 0 Å². The monoisotopic (exact) mass is 249 g/mol. The maximum Gasteiger partial charge on any atom is 0.165 e. The van der Waals surface area contributed by atoms with E-state index in [1.807, 2.05) is 0 Å². The highest BCUT2D eigenvalue weighted by atomic mass is 15.6. The molecule has 1 aromatic heterocycles. The van der Waals surface area contributed by atoms with Gasteiger partial charge in [-0.1, -0.05) is 26.2 Å². The Balaban J connectivity index is 1.70. The van der Waals surface area contributed by atoms with Gasteiger partial charge < -0.3 is 5.32 Å². The SMILES string of the molecule is CCC1CCCCC1n1nnnc1CNC1CC1. The van der Waals surface area contributed by atoms with E-state index in [0.29, 0.717) is 12.1 Å². The topological polar surface area (TPSA) is 55.6 Å². The van der Waals surface area contributed by atoms with Crippen LogP contribution in [0.25, 0.3) is 0 Å². The van der Waals surface area contributed by atoms with Crippen molar-refractivity contribution in [3.63, 3.8) is 0 Å². The standard InChI is InChI=1S/C13H23N5/c1-2-10-5-3-4-6-12(10)18-13(15-16-17-18)9-14-11-7-8-11/h10-12,14H,2-9H2,1H3. The third-order valence-corrected chi connectivity index (χ3v) is 4.39. The van der Waals surface area contributed by atoms with Gasteiger partial charge >= 0.3 is 0 Å². The molecule has 0 amide bonds. The molecule has 2 fully saturated rings. The lowest BCUT2D eigenvalue weighted by Crippen LogP contribution is -2.27. The Morgan fingerprint density at radius 2 is 2.06 bits per heavy atom. The first-order valence-corrected chi connectivity index (χ1v) is 7.38. The molecule has 1 heterocycles. The van der Waals surface area contributed by atoms with Crippen molar-refractivity contribution in [1.29, 1.82) is 0 Å². The second kappa shape index (κ2) is 5.34. The van der Waals surface area contributed by atoms with E-state index >= 15 is 0 Å². The van der Waals surface area contributed by atoms with E-state index in [4.69, 9.17) is 0 Å². The zero-order chi connectivity index (χ0) is 12.4. The molecule has 2 aliphatic rings. The van der Waals surface area contributed by atoms with Gasteiger partial charge in [-0.2, -0.15) is 0 Å². The molecular weight excluding hydrogens is 226 g/mol. The minimum absolute atomic E-state index is 0.523. The Bertz CT molecular complexity index is 384. The van der Waals surface area contributed by atoms with Gasteiger partial charge in [0.1, 0.15) is 0 Å². The van der Waals surface area contributed by atoms with Crippen molar-refractivity contribution in [2.24, 2.45) is 5.92 Å². The Kier molecular flexibility index (Phi) is 3.59. The summed E-state index contributed by atoms with van der Waals surface area (Å²) < 4.78 is 2.10. The minimum Gasteiger partial charge on any atom is -0.307 e. The lowest BCUT2D eigenvalue weighted by Gasteiger charge is -2.31. The molecule has 2 aliphatic carbocycles. The van der Waals surface area contributed by atoms with Crippen LogP contribution in [0, 0.1) is 5.92 Å². The van der Waals surface area contributed by atoms with Crippen LogP contribution in [-0.4, -0.2) is 26.2 Å². The number of hydrogen-bond acceptors (Lipinski definition) is 4.